The van der Waals surface area contributed by atoms with Gasteiger partial charge in [0, 0.05) is 0 Å². The van der Waals surface area contributed by atoms with E-state index in [1.54, 1.807) is 0 Å². The second kappa shape index (κ2) is 17.8. The van der Waals surface area contributed by atoms with Gasteiger partial charge in [0.1, 0.15) is 0 Å². The summed E-state index contributed by atoms with van der Waals surface area (Å²) in [6.45, 7) is 18.2. The number of fused-ring (bicyclic) bond motifs is 3. The molecule has 0 nitrogen and oxygen atoms in total. The van der Waals surface area contributed by atoms with Crippen LogP contribution in [0.15, 0.2) is 72.8 Å². The molecular weight excluding hydrogens is 793 g/mol. The molecule has 0 saturated heterocycles. The van der Waals surface area contributed by atoms with Gasteiger partial charge in [-0.25, -0.2) is 0 Å². The Morgan fingerprint density at radius 2 is 1.17 bits per heavy atom. The Morgan fingerprint density at radius 3 is 1.58 bits per heavy atom. The maximum atomic E-state index is 12.7. The minimum Gasteiger partial charge on any atom is -1.00 e. The van der Waals surface area contributed by atoms with Crippen molar-refractivity contribution in [3.05, 3.63) is 141 Å². The summed E-state index contributed by atoms with van der Waals surface area (Å²) in [6.07, 6.45) is 1.06. The molecule has 2 aliphatic rings. The van der Waals surface area contributed by atoms with Gasteiger partial charge in [-0.2, -0.15) is 24.1 Å². The van der Waals surface area contributed by atoms with Gasteiger partial charge in [-0.05, 0) is 35.4 Å². The molecule has 9 heteroatoms. The Balaban J connectivity index is 0.000000307. The van der Waals surface area contributed by atoms with Gasteiger partial charge in [0.2, 0.25) is 0 Å². The SMILES string of the molecule is Cc1[c-]c2c(cc1C(C)(C)C)-c1cc(C(C)(C)C)c(C)cc1C2.FC(F)(F)c1cccc([C](=[Zr+2])c2cccc(C(F)(F)F)c2)c1.[C-]1=CCCC1.[Cl-].[Cl-]. The van der Waals surface area contributed by atoms with Crippen molar-refractivity contribution in [1.82, 2.24) is 0 Å². The first-order valence-electron chi connectivity index (χ1n) is 16.8. The number of rotatable bonds is 2. The molecule has 0 saturated carbocycles. The molecule has 52 heavy (non-hydrogen) atoms. The average molecular weight is 837 g/mol. The van der Waals surface area contributed by atoms with E-state index in [9.17, 15) is 26.3 Å². The molecule has 0 N–H and O–H groups in total. The van der Waals surface area contributed by atoms with Crippen LogP contribution >= 0.6 is 0 Å². The molecule has 0 unspecified atom stereocenters. The predicted octanol–water partition coefficient (Wildman–Crippen LogP) is 6.65. The number of hydrogen-bond acceptors (Lipinski definition) is 0. The molecule has 0 bridgehead atoms. The van der Waals surface area contributed by atoms with E-state index in [2.05, 4.69) is 91.8 Å². The third-order valence-corrected chi connectivity index (χ3v) is 10.3. The third kappa shape index (κ3) is 11.5. The number of benzene rings is 4. The fourth-order valence-electron chi connectivity index (χ4n) is 6.40. The van der Waals surface area contributed by atoms with Crippen molar-refractivity contribution >= 4 is 3.21 Å². The van der Waals surface area contributed by atoms with E-state index in [1.807, 2.05) is 0 Å². The molecule has 0 amide bonds. The topological polar surface area (TPSA) is 0 Å². The summed E-state index contributed by atoms with van der Waals surface area (Å²) in [7, 11) is 0. The van der Waals surface area contributed by atoms with Crippen LogP contribution in [0.4, 0.5) is 26.3 Å². The largest absolute Gasteiger partial charge is 1.00 e. The van der Waals surface area contributed by atoms with E-state index in [-0.39, 0.29) is 46.8 Å². The zero-order chi connectivity index (χ0) is 37.2. The van der Waals surface area contributed by atoms with Crippen molar-refractivity contribution in [2.75, 3.05) is 0 Å². The molecule has 4 aromatic carbocycles. The van der Waals surface area contributed by atoms with Crippen LogP contribution in [-0.4, -0.2) is 3.21 Å². The van der Waals surface area contributed by atoms with E-state index >= 15 is 0 Å². The van der Waals surface area contributed by atoms with Crippen LogP contribution in [0.2, 0.25) is 0 Å². The van der Waals surface area contributed by atoms with Crippen molar-refractivity contribution in [3.8, 4) is 11.1 Å². The molecule has 0 fully saturated rings. The second-order valence-corrected chi connectivity index (χ2v) is 16.3. The summed E-state index contributed by atoms with van der Waals surface area (Å²) in [5, 5.41) is 0. The first-order valence-corrected chi connectivity index (χ1v) is 18.0. The molecule has 0 heterocycles. The quantitative estimate of drug-likeness (QED) is 0.138. The van der Waals surface area contributed by atoms with Gasteiger partial charge in [-0.1, -0.05) is 84.4 Å². The number of hydrogen-bond donors (Lipinski definition) is 0. The average Bonchev–Trinajstić information content (AvgIpc) is 3.70. The molecule has 0 radical (unpaired) electrons. The van der Waals surface area contributed by atoms with Gasteiger partial charge in [0.15, 0.2) is 0 Å². The minimum atomic E-state index is -4.49. The second-order valence-electron chi connectivity index (χ2n) is 15.0. The standard InChI is InChI=1S/C23H29.C15H8F6.C5H7.2ClH.Zr/c1-14-9-16-11-17-10-15(2)21(23(6,7)8)13-19(17)18(16)12-20(14)22(3,4)5;16-14(17,18)12-5-1-3-10(8-12)7-11-4-2-6-13(9-11)15(19,20)21;1-2-4-5-3-1;;;/h9,12-13H,11H2,1-8H3;1-6,8-9H;1H,2,4-5H2;2*1H;/q-1;;-1;;;+2/p-2. The number of alkyl halides is 6. The van der Waals surface area contributed by atoms with Crippen molar-refractivity contribution in [1.29, 1.82) is 0 Å². The first-order chi connectivity index (χ1) is 23.1. The molecule has 4 aromatic rings. The Kier molecular flexibility index (Phi) is 15.6. The van der Waals surface area contributed by atoms with Crippen molar-refractivity contribution in [2.45, 2.75) is 104 Å². The van der Waals surface area contributed by atoms with Crippen LogP contribution in [0.5, 0.6) is 0 Å². The number of aryl methyl sites for hydroxylation is 2. The minimum absolute atomic E-state index is 0. The Labute approximate surface area is 332 Å². The third-order valence-electron chi connectivity index (χ3n) is 8.85. The van der Waals surface area contributed by atoms with Crippen LogP contribution in [-0.2, 0) is 53.8 Å². The summed E-state index contributed by atoms with van der Waals surface area (Å²) in [6, 6.07) is 20.1. The van der Waals surface area contributed by atoms with E-state index in [4.69, 9.17) is 0 Å². The molecule has 2 aliphatic carbocycles. The van der Waals surface area contributed by atoms with Gasteiger partial charge < -0.3 is 30.9 Å². The summed E-state index contributed by atoms with van der Waals surface area (Å²) >= 11 is 0.729. The smallest absolute Gasteiger partial charge is 0.0694 e. The Hall–Kier alpha value is -2.47. The predicted molar refractivity (Wildman–Crippen MR) is 188 cm³/mol. The molecular formula is C43H44Cl2F6Zr-2. The Morgan fingerprint density at radius 1 is 0.673 bits per heavy atom. The fourth-order valence-corrected chi connectivity index (χ4v) is 7.17. The summed E-state index contributed by atoms with van der Waals surface area (Å²) in [5.74, 6) is 0. The normalized spacial score (nSPS) is 13.4. The number of halogens is 8. The fraction of sp³-hybridized carbons (Fsp3) is 0.372. The maximum Gasteiger partial charge on any atom is -0.0694 e. The molecule has 0 atom stereocenters. The molecule has 278 valence electrons. The number of allylic oxidation sites excluding steroid dienone is 2. The van der Waals surface area contributed by atoms with Gasteiger partial charge in [0.05, 0.1) is 0 Å². The maximum absolute atomic E-state index is 12.7. The van der Waals surface area contributed by atoms with Crippen molar-refractivity contribution in [3.63, 3.8) is 0 Å². The van der Waals surface area contributed by atoms with Crippen molar-refractivity contribution < 1.29 is 75.4 Å². The van der Waals surface area contributed by atoms with E-state index in [0.717, 1.165) is 54.9 Å². The Bertz CT molecular complexity index is 1760. The van der Waals surface area contributed by atoms with Crippen LogP contribution in [0.1, 0.15) is 116 Å². The van der Waals surface area contributed by atoms with Crippen molar-refractivity contribution in [2.24, 2.45) is 0 Å². The van der Waals surface area contributed by atoms with E-state index in [1.165, 1.54) is 88.0 Å². The zero-order valence-corrected chi connectivity index (χ0v) is 34.8. The summed E-state index contributed by atoms with van der Waals surface area (Å²) in [4.78, 5) is 0. The van der Waals surface area contributed by atoms with Gasteiger partial charge in [-0.15, -0.1) is 16.7 Å². The molecule has 0 aliphatic heterocycles. The zero-order valence-electron chi connectivity index (χ0n) is 30.8. The summed E-state index contributed by atoms with van der Waals surface area (Å²) < 4.78 is 76.7. The van der Waals surface area contributed by atoms with Crippen LogP contribution in [0, 0.1) is 26.0 Å². The van der Waals surface area contributed by atoms with Crippen LogP contribution in [0.3, 0.4) is 0 Å². The van der Waals surface area contributed by atoms with Crippen LogP contribution in [0.25, 0.3) is 11.1 Å². The molecule has 6 rings (SSSR count). The van der Waals surface area contributed by atoms with Gasteiger partial charge in [-0.3, -0.25) is 6.08 Å². The molecule has 0 spiro atoms. The summed E-state index contributed by atoms with van der Waals surface area (Å²) in [5.41, 5.74) is 10.5. The van der Waals surface area contributed by atoms with E-state index in [0.29, 0.717) is 3.21 Å². The van der Waals surface area contributed by atoms with Crippen LogP contribution < -0.4 is 24.8 Å². The van der Waals surface area contributed by atoms with E-state index < -0.39 is 23.5 Å². The first kappa shape index (κ1) is 45.7. The van der Waals surface area contributed by atoms with Gasteiger partial charge >= 0.3 is 137 Å². The van der Waals surface area contributed by atoms with Gasteiger partial charge in [0.25, 0.3) is 0 Å². The monoisotopic (exact) mass is 834 g/mol. The molecule has 0 aromatic heterocycles.